The highest BCUT2D eigenvalue weighted by Gasteiger charge is 2.19. The number of hydrogen-bond acceptors (Lipinski definition) is 1. The predicted octanol–water partition coefficient (Wildman–Crippen LogP) is 10.3. The number of benzene rings is 7. The molecule has 8 rings (SSSR count). The number of fused-ring (bicyclic) bond motifs is 3. The van der Waals surface area contributed by atoms with Gasteiger partial charge in [0.1, 0.15) is 5.82 Å². The van der Waals surface area contributed by atoms with Crippen LogP contribution >= 0.6 is 0 Å². The number of para-hydroxylation sites is 2. The summed E-state index contributed by atoms with van der Waals surface area (Å²) in [4.78, 5) is 4.97. The molecule has 7 aromatic carbocycles. The summed E-state index contributed by atoms with van der Waals surface area (Å²) >= 11 is 0. The summed E-state index contributed by atoms with van der Waals surface area (Å²) in [5.74, 6) is 0.659. The van der Waals surface area contributed by atoms with Gasteiger partial charge in [-0.2, -0.15) is 0 Å². The van der Waals surface area contributed by atoms with Crippen LogP contribution in [0.4, 0.5) is 0 Å². The van der Waals surface area contributed by atoms with Crippen molar-refractivity contribution in [2.45, 2.75) is 0 Å². The lowest BCUT2D eigenvalue weighted by Crippen LogP contribution is -1.99. The minimum atomic E-state index is -0.517. The van der Waals surface area contributed by atoms with Crippen LogP contribution in [-0.4, -0.2) is 9.55 Å². The lowest BCUT2D eigenvalue weighted by atomic mass is 9.86. The number of imidazole rings is 1. The van der Waals surface area contributed by atoms with Gasteiger partial charge in [-0.3, -0.25) is 4.57 Å². The highest BCUT2D eigenvalue weighted by Crippen LogP contribution is 2.44. The Labute approximate surface area is 252 Å². The molecule has 0 saturated carbocycles. The van der Waals surface area contributed by atoms with Gasteiger partial charge in [0.05, 0.1) is 24.7 Å². The van der Waals surface area contributed by atoms with Gasteiger partial charge in [-0.1, -0.05) is 133 Å². The Bertz CT molecular complexity index is 2700. The van der Waals surface area contributed by atoms with Crippen LogP contribution < -0.4 is 0 Å². The first-order valence-electron chi connectivity index (χ1n) is 18.2. The summed E-state index contributed by atoms with van der Waals surface area (Å²) in [6.45, 7) is 0. The molecule has 8 aromatic rings. The van der Waals surface area contributed by atoms with Crippen molar-refractivity contribution in [3.8, 4) is 39.3 Å². The van der Waals surface area contributed by atoms with Crippen molar-refractivity contribution in [3.63, 3.8) is 0 Å². The summed E-state index contributed by atoms with van der Waals surface area (Å²) in [6, 6.07) is 25.5. The van der Waals surface area contributed by atoms with Crippen LogP contribution in [0.1, 0.15) is 13.7 Å². The summed E-state index contributed by atoms with van der Waals surface area (Å²) < 4.78 is 88.5. The molecule has 0 unspecified atom stereocenters. The second-order valence-corrected chi connectivity index (χ2v) is 9.65. The number of hydrogen-bond donors (Lipinski definition) is 0. The predicted molar refractivity (Wildman–Crippen MR) is 172 cm³/mol. The first kappa shape index (κ1) is 15.4. The quantitative estimate of drug-likeness (QED) is 0.206. The highest BCUT2D eigenvalue weighted by atomic mass is 15.1. The minimum Gasteiger partial charge on any atom is -0.292 e. The zero-order chi connectivity index (χ0) is 35.9. The fourth-order valence-electron chi connectivity index (χ4n) is 5.66. The molecule has 0 N–H and O–H groups in total. The van der Waals surface area contributed by atoms with E-state index in [1.807, 2.05) is 71.3 Å². The molecular formula is C39H26N2. The van der Waals surface area contributed by atoms with Crippen molar-refractivity contribution in [2.24, 2.45) is 0 Å². The van der Waals surface area contributed by atoms with Crippen molar-refractivity contribution in [1.82, 2.24) is 9.55 Å². The van der Waals surface area contributed by atoms with Crippen LogP contribution in [0.3, 0.4) is 0 Å². The molecule has 0 aliphatic carbocycles. The Morgan fingerprint density at radius 3 is 1.73 bits per heavy atom. The molecule has 2 nitrogen and oxygen atoms in total. The molecule has 0 saturated heterocycles. The van der Waals surface area contributed by atoms with Crippen LogP contribution in [0.15, 0.2) is 157 Å². The van der Waals surface area contributed by atoms with E-state index >= 15 is 0 Å². The molecule has 0 atom stereocenters. The Hall–Kier alpha value is -5.47. The minimum absolute atomic E-state index is 0.000571. The van der Waals surface area contributed by atoms with Gasteiger partial charge < -0.3 is 0 Å². The molecule has 0 spiro atoms. The SMILES string of the molecule is [2H]c1c([2H])c([2H])c(-c2c3ccccc3c(-c3c([2H])c([2H])c([2H])c([2H])c3[2H])c3cc(-n4c(-c5ccccc5)nc5ccccc54)ccc23)c([2H])c1[2H]. The standard InChI is InChI=1S/C39H26N2/c1-4-14-27(15-5-1)37-31-20-10-11-21-32(31)38(28-16-6-2-7-17-28)34-26-30(24-25-33(34)37)41-36-23-13-12-22-35(36)40-39(41)29-18-8-3-9-19-29/h1-26H/i1D,2D,4D,5D,6D,7D,14D,15D,16D,17D. The molecule has 0 fully saturated rings. The van der Waals surface area contributed by atoms with E-state index in [-0.39, 0.29) is 35.3 Å². The maximum absolute atomic E-state index is 9.02. The summed E-state index contributed by atoms with van der Waals surface area (Å²) in [6.07, 6.45) is 0. The molecule has 0 radical (unpaired) electrons. The second kappa shape index (κ2) is 9.62. The van der Waals surface area contributed by atoms with Crippen molar-refractivity contribution >= 4 is 32.6 Å². The molecule has 192 valence electrons. The van der Waals surface area contributed by atoms with Crippen LogP contribution in [0.25, 0.3) is 71.9 Å². The third-order valence-electron chi connectivity index (χ3n) is 7.36. The van der Waals surface area contributed by atoms with E-state index in [1.165, 1.54) is 0 Å². The average Bonchev–Trinajstić information content (AvgIpc) is 3.55. The van der Waals surface area contributed by atoms with E-state index in [9.17, 15) is 0 Å². The van der Waals surface area contributed by atoms with Gasteiger partial charge in [0.15, 0.2) is 0 Å². The summed E-state index contributed by atoms with van der Waals surface area (Å²) in [5.41, 5.74) is 3.81. The normalized spacial score (nSPS) is 14.8. The summed E-state index contributed by atoms with van der Waals surface area (Å²) in [5, 5.41) is 1.92. The van der Waals surface area contributed by atoms with Crippen molar-refractivity contribution in [1.29, 1.82) is 0 Å². The number of nitrogens with zero attached hydrogens (tertiary/aromatic N) is 2. The molecule has 41 heavy (non-hydrogen) atoms. The van der Waals surface area contributed by atoms with E-state index in [2.05, 4.69) is 0 Å². The number of rotatable bonds is 4. The molecule has 1 aromatic heterocycles. The Balaban J connectivity index is 1.60. The maximum atomic E-state index is 9.02. The molecule has 1 heterocycles. The monoisotopic (exact) mass is 532 g/mol. The molecule has 0 bridgehead atoms. The van der Waals surface area contributed by atoms with Gasteiger partial charge in [0, 0.05) is 11.3 Å². The lowest BCUT2D eigenvalue weighted by Gasteiger charge is -2.19. The van der Waals surface area contributed by atoms with Crippen molar-refractivity contribution in [3.05, 3.63) is 157 Å². The third kappa shape index (κ3) is 3.84. The Morgan fingerprint density at radius 2 is 1.05 bits per heavy atom. The van der Waals surface area contributed by atoms with Gasteiger partial charge in [0.25, 0.3) is 0 Å². The van der Waals surface area contributed by atoms with Crippen LogP contribution in [0.2, 0.25) is 0 Å². The molecule has 2 heteroatoms. The lowest BCUT2D eigenvalue weighted by molar-refractivity contribution is 1.11. The van der Waals surface area contributed by atoms with Crippen LogP contribution in [0, 0.1) is 0 Å². The van der Waals surface area contributed by atoms with Crippen molar-refractivity contribution in [2.75, 3.05) is 0 Å². The second-order valence-electron chi connectivity index (χ2n) is 9.65. The van der Waals surface area contributed by atoms with Crippen LogP contribution in [-0.2, 0) is 0 Å². The van der Waals surface area contributed by atoms with E-state index < -0.39 is 36.3 Å². The Kier molecular flexibility index (Phi) is 3.60. The zero-order valence-electron chi connectivity index (χ0n) is 31.6. The average molecular weight is 533 g/mol. The fraction of sp³-hybridized carbons (Fsp3) is 0. The van der Waals surface area contributed by atoms with Gasteiger partial charge in [-0.25, -0.2) is 4.98 Å². The maximum Gasteiger partial charge on any atom is 0.145 e. The van der Waals surface area contributed by atoms with E-state index in [1.54, 1.807) is 30.3 Å². The topological polar surface area (TPSA) is 17.8 Å². The van der Waals surface area contributed by atoms with E-state index in [0.717, 1.165) is 16.6 Å². The van der Waals surface area contributed by atoms with E-state index in [0.29, 0.717) is 44.2 Å². The van der Waals surface area contributed by atoms with E-state index in [4.69, 9.17) is 18.7 Å². The molecular weight excluding hydrogens is 496 g/mol. The molecule has 0 amide bonds. The Morgan fingerprint density at radius 1 is 0.488 bits per heavy atom. The summed E-state index contributed by atoms with van der Waals surface area (Å²) in [7, 11) is 0. The molecule has 0 aliphatic rings. The van der Waals surface area contributed by atoms with Gasteiger partial charge in [-0.05, 0) is 68.1 Å². The molecule has 0 aliphatic heterocycles. The first-order valence-corrected chi connectivity index (χ1v) is 13.2. The number of aromatic nitrogens is 2. The zero-order valence-corrected chi connectivity index (χ0v) is 21.6. The van der Waals surface area contributed by atoms with Crippen molar-refractivity contribution < 1.29 is 13.7 Å². The third-order valence-corrected chi connectivity index (χ3v) is 7.36. The largest absolute Gasteiger partial charge is 0.292 e. The van der Waals surface area contributed by atoms with Gasteiger partial charge in [0.2, 0.25) is 0 Å². The van der Waals surface area contributed by atoms with Gasteiger partial charge in [-0.15, -0.1) is 0 Å². The smallest absolute Gasteiger partial charge is 0.145 e. The highest BCUT2D eigenvalue weighted by molar-refractivity contribution is 6.21. The first-order chi connectivity index (χ1) is 24.5. The fourth-order valence-corrected chi connectivity index (χ4v) is 5.66. The van der Waals surface area contributed by atoms with Gasteiger partial charge >= 0.3 is 0 Å². The van der Waals surface area contributed by atoms with Crippen LogP contribution in [0.5, 0.6) is 0 Å².